The number of carbonyl (C=O) groups is 1. The van der Waals surface area contributed by atoms with Crippen molar-refractivity contribution in [3.8, 4) is 11.5 Å². The van der Waals surface area contributed by atoms with Gasteiger partial charge in [0.05, 0.1) is 0 Å². The predicted octanol–water partition coefficient (Wildman–Crippen LogP) is 4.03. The molecule has 7 heteroatoms. The molecule has 3 rings (SSSR count). The maximum Gasteiger partial charge on any atom is 0.258 e. The Morgan fingerprint density at radius 3 is 2.04 bits per heavy atom. The zero-order valence-electron chi connectivity index (χ0n) is 15.6. The fourth-order valence-electron chi connectivity index (χ4n) is 3.07. The molecular weight excluding hydrogens is 399 g/mol. The number of hydrogen-bond acceptors (Lipinski definition) is 4. The molecule has 1 N–H and O–H groups in total. The number of benzene rings is 2. The molecule has 0 spiro atoms. The second-order valence-electron chi connectivity index (χ2n) is 6.73. The van der Waals surface area contributed by atoms with Crippen LogP contribution in [0.1, 0.15) is 12.8 Å². The summed E-state index contributed by atoms with van der Waals surface area (Å²) in [5.74, 6) is 1.36. The minimum Gasteiger partial charge on any atom is -0.492 e. The fourth-order valence-corrected chi connectivity index (χ4v) is 3.33. The molecule has 28 heavy (non-hydrogen) atoms. The topological polar surface area (TPSA) is 50.8 Å². The highest BCUT2D eigenvalue weighted by molar-refractivity contribution is 6.30. The van der Waals surface area contributed by atoms with E-state index in [2.05, 4.69) is 10.2 Å². The van der Waals surface area contributed by atoms with Crippen molar-refractivity contribution in [3.05, 3.63) is 58.6 Å². The number of piperidine rings is 1. The number of halogens is 2. The Hall–Kier alpha value is -1.95. The van der Waals surface area contributed by atoms with Gasteiger partial charge in [0.15, 0.2) is 6.61 Å². The number of carbonyl (C=O) groups excluding carboxylic acids is 1. The first kappa shape index (κ1) is 20.8. The van der Waals surface area contributed by atoms with Gasteiger partial charge in [-0.15, -0.1) is 0 Å². The Labute approximate surface area is 175 Å². The van der Waals surface area contributed by atoms with Crippen LogP contribution in [0.15, 0.2) is 48.5 Å². The van der Waals surface area contributed by atoms with Gasteiger partial charge in [0, 0.05) is 35.7 Å². The van der Waals surface area contributed by atoms with Gasteiger partial charge in [0.1, 0.15) is 18.1 Å². The van der Waals surface area contributed by atoms with Crippen LogP contribution >= 0.6 is 23.2 Å². The summed E-state index contributed by atoms with van der Waals surface area (Å²) in [5.41, 5.74) is 0. The van der Waals surface area contributed by atoms with E-state index < -0.39 is 0 Å². The van der Waals surface area contributed by atoms with Crippen molar-refractivity contribution in [1.29, 1.82) is 0 Å². The van der Waals surface area contributed by atoms with Crippen LogP contribution in [-0.4, -0.2) is 49.7 Å². The molecule has 150 valence electrons. The molecular formula is C21H24Cl2N2O3. The van der Waals surface area contributed by atoms with E-state index in [-0.39, 0.29) is 18.6 Å². The van der Waals surface area contributed by atoms with E-state index in [1.165, 1.54) is 0 Å². The highest BCUT2D eigenvalue weighted by Crippen LogP contribution is 2.17. The van der Waals surface area contributed by atoms with Crippen molar-refractivity contribution in [1.82, 2.24) is 10.2 Å². The van der Waals surface area contributed by atoms with Gasteiger partial charge in [-0.1, -0.05) is 23.2 Å². The average molecular weight is 423 g/mol. The monoisotopic (exact) mass is 422 g/mol. The molecule has 1 heterocycles. The van der Waals surface area contributed by atoms with Gasteiger partial charge in [-0.3, -0.25) is 9.69 Å². The van der Waals surface area contributed by atoms with Crippen molar-refractivity contribution >= 4 is 29.1 Å². The molecule has 1 fully saturated rings. The summed E-state index contributed by atoms with van der Waals surface area (Å²) in [7, 11) is 0. The van der Waals surface area contributed by atoms with Crippen LogP contribution < -0.4 is 14.8 Å². The lowest BCUT2D eigenvalue weighted by Gasteiger charge is -2.32. The summed E-state index contributed by atoms with van der Waals surface area (Å²) in [6.07, 6.45) is 1.85. The minimum atomic E-state index is -0.0977. The van der Waals surface area contributed by atoms with E-state index in [1.54, 1.807) is 24.3 Å². The Morgan fingerprint density at radius 1 is 0.929 bits per heavy atom. The van der Waals surface area contributed by atoms with Crippen molar-refractivity contribution in [2.45, 2.75) is 18.9 Å². The van der Waals surface area contributed by atoms with Crippen LogP contribution in [0.25, 0.3) is 0 Å². The molecule has 0 aromatic heterocycles. The summed E-state index contributed by atoms with van der Waals surface area (Å²) in [6.45, 7) is 3.38. The number of nitrogens with one attached hydrogen (secondary N) is 1. The van der Waals surface area contributed by atoms with Crippen molar-refractivity contribution in [2.75, 3.05) is 32.8 Å². The first-order valence-electron chi connectivity index (χ1n) is 9.37. The summed E-state index contributed by atoms with van der Waals surface area (Å²) < 4.78 is 11.2. The van der Waals surface area contributed by atoms with Crippen LogP contribution in [0, 0.1) is 0 Å². The molecule has 0 unspecified atom stereocenters. The number of amides is 1. The molecule has 2 aromatic rings. The number of rotatable bonds is 8. The van der Waals surface area contributed by atoms with Gasteiger partial charge in [-0.25, -0.2) is 0 Å². The number of hydrogen-bond donors (Lipinski definition) is 1. The first-order valence-corrected chi connectivity index (χ1v) is 10.1. The van der Waals surface area contributed by atoms with E-state index >= 15 is 0 Å². The third-order valence-electron chi connectivity index (χ3n) is 4.63. The quantitative estimate of drug-likeness (QED) is 0.697. The summed E-state index contributed by atoms with van der Waals surface area (Å²) in [4.78, 5) is 14.4. The van der Waals surface area contributed by atoms with Crippen LogP contribution in [0.5, 0.6) is 11.5 Å². The van der Waals surface area contributed by atoms with E-state index in [1.807, 2.05) is 24.3 Å². The van der Waals surface area contributed by atoms with Gasteiger partial charge in [0.2, 0.25) is 0 Å². The normalized spacial score (nSPS) is 15.2. The molecule has 0 radical (unpaired) electrons. The molecule has 1 saturated heterocycles. The van der Waals surface area contributed by atoms with Crippen LogP contribution in [-0.2, 0) is 4.79 Å². The van der Waals surface area contributed by atoms with Crippen molar-refractivity contribution in [3.63, 3.8) is 0 Å². The first-order chi connectivity index (χ1) is 13.6. The Balaban J connectivity index is 1.29. The van der Waals surface area contributed by atoms with Gasteiger partial charge in [-0.2, -0.15) is 0 Å². The Bertz CT molecular complexity index is 745. The largest absolute Gasteiger partial charge is 0.492 e. The molecule has 2 aromatic carbocycles. The molecule has 0 aliphatic carbocycles. The minimum absolute atomic E-state index is 0.0107. The third kappa shape index (κ3) is 6.89. The zero-order valence-corrected chi connectivity index (χ0v) is 17.1. The lowest BCUT2D eigenvalue weighted by atomic mass is 10.1. The SMILES string of the molecule is O=C(COc1ccc(Cl)cc1)NC1CCN(CCOc2ccc(Cl)cc2)CC1. The maximum absolute atomic E-state index is 12.1. The molecule has 1 amide bonds. The molecule has 1 aliphatic heterocycles. The zero-order chi connectivity index (χ0) is 19.8. The van der Waals surface area contributed by atoms with Crippen molar-refractivity contribution < 1.29 is 14.3 Å². The molecule has 0 bridgehead atoms. The van der Waals surface area contributed by atoms with Gasteiger partial charge < -0.3 is 14.8 Å². The highest BCUT2D eigenvalue weighted by atomic mass is 35.5. The van der Waals surface area contributed by atoms with E-state index in [0.717, 1.165) is 38.2 Å². The lowest BCUT2D eigenvalue weighted by molar-refractivity contribution is -0.124. The number of nitrogens with zero attached hydrogens (tertiary/aromatic N) is 1. The van der Waals surface area contributed by atoms with Gasteiger partial charge in [-0.05, 0) is 61.4 Å². The van der Waals surface area contributed by atoms with E-state index in [0.29, 0.717) is 22.4 Å². The lowest BCUT2D eigenvalue weighted by Crippen LogP contribution is -2.46. The summed E-state index contributed by atoms with van der Waals surface area (Å²) in [5, 5.41) is 4.39. The standard InChI is InChI=1S/C21H24Cl2N2O3/c22-16-1-5-19(6-2-16)27-14-13-25-11-9-18(10-12-25)24-21(26)15-28-20-7-3-17(23)4-8-20/h1-8,18H,9-15H2,(H,24,26). The van der Waals surface area contributed by atoms with Crippen LogP contribution in [0.3, 0.4) is 0 Å². The third-order valence-corrected chi connectivity index (χ3v) is 5.13. The van der Waals surface area contributed by atoms with Crippen LogP contribution in [0.4, 0.5) is 0 Å². The van der Waals surface area contributed by atoms with E-state index in [9.17, 15) is 4.79 Å². The van der Waals surface area contributed by atoms with E-state index in [4.69, 9.17) is 32.7 Å². The Morgan fingerprint density at radius 2 is 1.46 bits per heavy atom. The smallest absolute Gasteiger partial charge is 0.258 e. The maximum atomic E-state index is 12.1. The fraction of sp³-hybridized carbons (Fsp3) is 0.381. The Kier molecular flexibility index (Phi) is 7.83. The second kappa shape index (κ2) is 10.6. The predicted molar refractivity (Wildman–Crippen MR) is 111 cm³/mol. The summed E-state index contributed by atoms with van der Waals surface area (Å²) in [6, 6.07) is 14.5. The number of likely N-dealkylation sites (tertiary alicyclic amines) is 1. The average Bonchev–Trinajstić information content (AvgIpc) is 2.70. The molecule has 0 saturated carbocycles. The summed E-state index contributed by atoms with van der Waals surface area (Å²) >= 11 is 11.7. The van der Waals surface area contributed by atoms with Crippen LogP contribution in [0.2, 0.25) is 10.0 Å². The van der Waals surface area contributed by atoms with Gasteiger partial charge in [0.25, 0.3) is 5.91 Å². The molecule has 5 nitrogen and oxygen atoms in total. The second-order valence-corrected chi connectivity index (χ2v) is 7.60. The van der Waals surface area contributed by atoms with Gasteiger partial charge >= 0.3 is 0 Å². The van der Waals surface area contributed by atoms with Crippen molar-refractivity contribution in [2.24, 2.45) is 0 Å². The highest BCUT2D eigenvalue weighted by Gasteiger charge is 2.20. The number of ether oxygens (including phenoxy) is 2. The molecule has 0 atom stereocenters. The molecule has 1 aliphatic rings.